The molecule has 1 amide bonds. The number of anilines is 1. The number of carbonyl (C=O) groups is 1. The Labute approximate surface area is 183 Å². The monoisotopic (exact) mass is 438 g/mol. The summed E-state index contributed by atoms with van der Waals surface area (Å²) >= 11 is 7.16. The molecule has 1 N–H and O–H groups in total. The minimum atomic E-state index is -0.235. The standard InChI is InChI=1S/C23H19ClN2O3S/c1-28-18-11-12-19(29-14-16-5-3-2-4-6-16)21-20(18)25-23(30-21)26-22(27)17-9-7-15(13-24)8-10-17/h2-12H,13-14H2,1H3,(H,25,26,27). The quantitative estimate of drug-likeness (QED) is 0.366. The van der Waals surface area contributed by atoms with Gasteiger partial charge in [0, 0.05) is 11.4 Å². The van der Waals surface area contributed by atoms with E-state index in [1.807, 2.05) is 54.6 Å². The summed E-state index contributed by atoms with van der Waals surface area (Å²) in [6, 6.07) is 20.8. The summed E-state index contributed by atoms with van der Waals surface area (Å²) in [5.74, 6) is 1.49. The van der Waals surface area contributed by atoms with Gasteiger partial charge in [0.05, 0.1) is 7.11 Å². The van der Waals surface area contributed by atoms with E-state index in [1.165, 1.54) is 11.3 Å². The third-order valence-electron chi connectivity index (χ3n) is 4.52. The van der Waals surface area contributed by atoms with E-state index in [1.54, 1.807) is 19.2 Å². The highest BCUT2D eigenvalue weighted by atomic mass is 35.5. The molecule has 5 nitrogen and oxygen atoms in total. The predicted molar refractivity (Wildman–Crippen MR) is 121 cm³/mol. The Morgan fingerprint density at radius 1 is 1.00 bits per heavy atom. The molecule has 30 heavy (non-hydrogen) atoms. The van der Waals surface area contributed by atoms with Gasteiger partial charge in [-0.25, -0.2) is 4.98 Å². The number of methoxy groups -OCH3 is 1. The van der Waals surface area contributed by atoms with Gasteiger partial charge in [0.1, 0.15) is 28.3 Å². The number of nitrogens with one attached hydrogen (secondary N) is 1. The lowest BCUT2D eigenvalue weighted by Gasteiger charge is -2.08. The molecule has 7 heteroatoms. The Hall–Kier alpha value is -3.09. The topological polar surface area (TPSA) is 60.5 Å². The number of benzene rings is 3. The molecule has 1 heterocycles. The zero-order valence-corrected chi connectivity index (χ0v) is 17.8. The normalized spacial score (nSPS) is 10.7. The van der Waals surface area contributed by atoms with Gasteiger partial charge in [-0.3, -0.25) is 10.1 Å². The van der Waals surface area contributed by atoms with Crippen molar-refractivity contribution in [2.24, 2.45) is 0 Å². The smallest absolute Gasteiger partial charge is 0.257 e. The third-order valence-corrected chi connectivity index (χ3v) is 5.81. The first-order valence-corrected chi connectivity index (χ1v) is 10.6. The van der Waals surface area contributed by atoms with Crippen molar-refractivity contribution in [2.75, 3.05) is 12.4 Å². The van der Waals surface area contributed by atoms with Gasteiger partial charge in [0.15, 0.2) is 5.13 Å². The number of thiazole rings is 1. The molecule has 4 rings (SSSR count). The fraction of sp³-hybridized carbons (Fsp3) is 0.130. The van der Waals surface area contributed by atoms with E-state index in [4.69, 9.17) is 21.1 Å². The molecule has 0 saturated heterocycles. The minimum absolute atomic E-state index is 0.235. The zero-order chi connectivity index (χ0) is 20.9. The average molecular weight is 439 g/mol. The molecule has 3 aromatic carbocycles. The van der Waals surface area contributed by atoms with Gasteiger partial charge in [-0.1, -0.05) is 53.8 Å². The van der Waals surface area contributed by atoms with E-state index in [0.717, 1.165) is 15.8 Å². The molecule has 0 saturated carbocycles. The molecular formula is C23H19ClN2O3S. The van der Waals surface area contributed by atoms with Crippen LogP contribution in [0, 0.1) is 0 Å². The van der Waals surface area contributed by atoms with Crippen LogP contribution in [-0.2, 0) is 12.5 Å². The van der Waals surface area contributed by atoms with Crippen LogP contribution in [-0.4, -0.2) is 18.0 Å². The molecule has 0 radical (unpaired) electrons. The van der Waals surface area contributed by atoms with Crippen molar-refractivity contribution in [3.8, 4) is 11.5 Å². The number of halogens is 1. The SMILES string of the molecule is COc1ccc(OCc2ccccc2)c2sc(NC(=O)c3ccc(CCl)cc3)nc12. The van der Waals surface area contributed by atoms with Gasteiger partial charge >= 0.3 is 0 Å². The Balaban J connectivity index is 1.58. The Kier molecular flexibility index (Phi) is 6.16. The van der Waals surface area contributed by atoms with E-state index in [9.17, 15) is 4.79 Å². The summed E-state index contributed by atoms with van der Waals surface area (Å²) in [6.45, 7) is 0.439. The van der Waals surface area contributed by atoms with Crippen LogP contribution in [0.2, 0.25) is 0 Å². The van der Waals surface area contributed by atoms with Crippen LogP contribution in [0.4, 0.5) is 5.13 Å². The lowest BCUT2D eigenvalue weighted by atomic mass is 10.1. The average Bonchev–Trinajstić information content (AvgIpc) is 3.22. The molecule has 1 aromatic heterocycles. The molecule has 0 unspecified atom stereocenters. The first kappa shape index (κ1) is 20.2. The molecule has 0 fully saturated rings. The number of fused-ring (bicyclic) bond motifs is 1. The number of hydrogen-bond acceptors (Lipinski definition) is 5. The molecule has 0 bridgehead atoms. The number of hydrogen-bond donors (Lipinski definition) is 1. The summed E-state index contributed by atoms with van der Waals surface area (Å²) in [7, 11) is 1.59. The molecular weight excluding hydrogens is 420 g/mol. The van der Waals surface area contributed by atoms with Crippen LogP contribution in [0.3, 0.4) is 0 Å². The van der Waals surface area contributed by atoms with Crippen LogP contribution < -0.4 is 14.8 Å². The van der Waals surface area contributed by atoms with Gasteiger partial charge in [-0.2, -0.15) is 0 Å². The van der Waals surface area contributed by atoms with E-state index >= 15 is 0 Å². The van der Waals surface area contributed by atoms with Crippen molar-refractivity contribution in [3.63, 3.8) is 0 Å². The largest absolute Gasteiger partial charge is 0.494 e. The van der Waals surface area contributed by atoms with Crippen LogP contribution >= 0.6 is 22.9 Å². The number of nitrogens with zero attached hydrogens (tertiary/aromatic N) is 1. The molecule has 4 aromatic rings. The molecule has 0 atom stereocenters. The first-order valence-electron chi connectivity index (χ1n) is 9.28. The van der Waals surface area contributed by atoms with Crippen LogP contribution in [0.15, 0.2) is 66.7 Å². The van der Waals surface area contributed by atoms with Crippen molar-refractivity contribution >= 4 is 44.2 Å². The van der Waals surface area contributed by atoms with Crippen LogP contribution in [0.25, 0.3) is 10.2 Å². The highest BCUT2D eigenvalue weighted by Gasteiger charge is 2.16. The van der Waals surface area contributed by atoms with Crippen molar-refractivity contribution in [3.05, 3.63) is 83.4 Å². The van der Waals surface area contributed by atoms with Crippen molar-refractivity contribution in [2.45, 2.75) is 12.5 Å². The summed E-state index contributed by atoms with van der Waals surface area (Å²) in [4.78, 5) is 17.2. The number of rotatable bonds is 7. The van der Waals surface area contributed by atoms with Gasteiger partial charge in [-0.15, -0.1) is 11.6 Å². The number of alkyl halides is 1. The first-order chi connectivity index (χ1) is 14.7. The zero-order valence-electron chi connectivity index (χ0n) is 16.2. The van der Waals surface area contributed by atoms with Gasteiger partial charge in [-0.05, 0) is 35.4 Å². The second kappa shape index (κ2) is 9.15. The van der Waals surface area contributed by atoms with E-state index < -0.39 is 0 Å². The molecule has 0 spiro atoms. The summed E-state index contributed by atoms with van der Waals surface area (Å²) in [5.41, 5.74) is 3.22. The van der Waals surface area contributed by atoms with Gasteiger partial charge in [0.25, 0.3) is 5.91 Å². The second-order valence-electron chi connectivity index (χ2n) is 6.52. The van der Waals surface area contributed by atoms with Crippen LogP contribution in [0.1, 0.15) is 21.5 Å². The molecule has 0 aliphatic heterocycles. The third kappa shape index (κ3) is 4.40. The second-order valence-corrected chi connectivity index (χ2v) is 7.79. The summed E-state index contributed by atoms with van der Waals surface area (Å²) in [5, 5.41) is 3.34. The van der Waals surface area contributed by atoms with Gasteiger partial charge < -0.3 is 9.47 Å². The minimum Gasteiger partial charge on any atom is -0.494 e. The van der Waals surface area contributed by atoms with E-state index in [0.29, 0.717) is 40.2 Å². The lowest BCUT2D eigenvalue weighted by Crippen LogP contribution is -2.11. The highest BCUT2D eigenvalue weighted by molar-refractivity contribution is 7.22. The highest BCUT2D eigenvalue weighted by Crippen LogP contribution is 2.39. The molecule has 0 aliphatic carbocycles. The Morgan fingerprint density at radius 2 is 1.73 bits per heavy atom. The van der Waals surface area contributed by atoms with Crippen molar-refractivity contribution in [1.82, 2.24) is 4.98 Å². The fourth-order valence-electron chi connectivity index (χ4n) is 2.94. The van der Waals surface area contributed by atoms with Gasteiger partial charge in [0.2, 0.25) is 0 Å². The Bertz CT molecular complexity index is 1160. The van der Waals surface area contributed by atoms with E-state index in [2.05, 4.69) is 10.3 Å². The molecule has 152 valence electrons. The van der Waals surface area contributed by atoms with Crippen molar-refractivity contribution in [1.29, 1.82) is 0 Å². The van der Waals surface area contributed by atoms with Crippen LogP contribution in [0.5, 0.6) is 11.5 Å². The Morgan fingerprint density at radius 3 is 2.43 bits per heavy atom. The number of aromatic nitrogens is 1. The number of amides is 1. The van der Waals surface area contributed by atoms with E-state index in [-0.39, 0.29) is 5.91 Å². The molecule has 0 aliphatic rings. The summed E-state index contributed by atoms with van der Waals surface area (Å²) in [6.07, 6.45) is 0. The number of ether oxygens (including phenoxy) is 2. The maximum absolute atomic E-state index is 12.6. The predicted octanol–water partition coefficient (Wildman–Crippen LogP) is 5.88. The number of carbonyl (C=O) groups excluding carboxylic acids is 1. The maximum Gasteiger partial charge on any atom is 0.257 e. The summed E-state index contributed by atoms with van der Waals surface area (Å²) < 4.78 is 12.3. The maximum atomic E-state index is 12.6. The van der Waals surface area contributed by atoms with Crippen molar-refractivity contribution < 1.29 is 14.3 Å². The lowest BCUT2D eigenvalue weighted by molar-refractivity contribution is 0.102. The fourth-order valence-corrected chi connectivity index (χ4v) is 4.06.